The molecule has 0 aromatic heterocycles. The van der Waals surface area contributed by atoms with Gasteiger partial charge in [-0.1, -0.05) is 0 Å². The summed E-state index contributed by atoms with van der Waals surface area (Å²) in [5.74, 6) is -0.688. The number of β-lactam (4-membered cyclic amide) rings is 1. The van der Waals surface area contributed by atoms with Crippen LogP contribution in [0.5, 0.6) is 0 Å². The number of imide groups is 1. The Morgan fingerprint density at radius 2 is 1.95 bits per heavy atom. The van der Waals surface area contributed by atoms with Crippen LogP contribution in [0, 0.1) is 0 Å². The van der Waals surface area contributed by atoms with Gasteiger partial charge in [0.25, 0.3) is 0 Å². The molecule has 2 saturated heterocycles. The number of urea groups is 1. The molecule has 22 heavy (non-hydrogen) atoms. The smallest absolute Gasteiger partial charge is 0.327 e. The zero-order valence-electron chi connectivity index (χ0n) is 12.2. The number of rotatable bonds is 1. The maximum absolute atomic E-state index is 12.3. The van der Waals surface area contributed by atoms with Crippen LogP contribution in [0.25, 0.3) is 0 Å². The van der Waals surface area contributed by atoms with Crippen LogP contribution in [0.15, 0.2) is 4.99 Å². The van der Waals surface area contributed by atoms with Crippen LogP contribution < -0.4 is 5.32 Å². The van der Waals surface area contributed by atoms with Gasteiger partial charge in [0.05, 0.1) is 6.42 Å². The molecule has 0 aliphatic carbocycles. The van der Waals surface area contributed by atoms with Crippen molar-refractivity contribution in [1.29, 1.82) is 0 Å². The fourth-order valence-corrected chi connectivity index (χ4v) is 2.85. The Morgan fingerprint density at radius 3 is 2.50 bits per heavy atom. The first-order valence-corrected chi connectivity index (χ1v) is 7.45. The van der Waals surface area contributed by atoms with Crippen molar-refractivity contribution in [2.75, 3.05) is 39.3 Å². The number of carbonyl (C=O) groups excluding carboxylic acids is 2. The molecule has 120 valence electrons. The van der Waals surface area contributed by atoms with Gasteiger partial charge in [0.15, 0.2) is 5.96 Å². The summed E-state index contributed by atoms with van der Waals surface area (Å²) >= 11 is 0. The number of guanidine groups is 1. The van der Waals surface area contributed by atoms with Crippen LogP contribution in [-0.4, -0.2) is 89.0 Å². The summed E-state index contributed by atoms with van der Waals surface area (Å²) in [7, 11) is 0. The number of amides is 3. The highest BCUT2D eigenvalue weighted by atomic mass is 16.4. The van der Waals surface area contributed by atoms with E-state index in [2.05, 4.69) is 15.2 Å². The van der Waals surface area contributed by atoms with Crippen LogP contribution >= 0.6 is 0 Å². The van der Waals surface area contributed by atoms with Gasteiger partial charge in [0.1, 0.15) is 6.04 Å². The van der Waals surface area contributed by atoms with Gasteiger partial charge in [-0.15, -0.1) is 0 Å². The van der Waals surface area contributed by atoms with E-state index in [1.807, 2.05) is 0 Å². The largest absolute Gasteiger partial charge is 0.480 e. The minimum Gasteiger partial charge on any atom is -0.480 e. The molecule has 0 aromatic carbocycles. The van der Waals surface area contributed by atoms with Gasteiger partial charge in [-0.3, -0.25) is 9.79 Å². The number of nitrogens with zero attached hydrogens (tertiary/aromatic N) is 4. The molecule has 1 atom stereocenters. The summed E-state index contributed by atoms with van der Waals surface area (Å²) in [5.41, 5.74) is 0. The van der Waals surface area contributed by atoms with E-state index < -0.39 is 23.9 Å². The second kappa shape index (κ2) is 5.82. The number of nitrogens with one attached hydrogen (secondary N) is 1. The van der Waals surface area contributed by atoms with E-state index in [0.29, 0.717) is 26.2 Å². The molecule has 3 aliphatic heterocycles. The summed E-state index contributed by atoms with van der Waals surface area (Å²) in [6.45, 7) is 3.87. The number of carboxylic acid groups (broad SMARTS) is 1. The molecular weight excluding hydrogens is 290 g/mol. The van der Waals surface area contributed by atoms with Crippen LogP contribution in [-0.2, 0) is 9.59 Å². The maximum Gasteiger partial charge on any atom is 0.327 e. The number of carbonyl (C=O) groups is 3. The van der Waals surface area contributed by atoms with Gasteiger partial charge < -0.3 is 20.2 Å². The number of hydrogen-bond acceptors (Lipinski definition) is 6. The first-order chi connectivity index (χ1) is 10.6. The molecule has 3 rings (SSSR count). The molecule has 0 aromatic rings. The fraction of sp³-hybridized carbons (Fsp3) is 0.692. The number of aliphatic carboxylic acids is 1. The molecule has 2 N–H and O–H groups in total. The normalized spacial score (nSPS) is 25.3. The standard InChI is InChI=1S/C13H19N5O4/c19-10-8-9(11(20)21)18(10)13(22)17-6-4-16(5-7-17)12-14-2-1-3-15-12/h9H,1-8H2,(H,14,15)(H,20,21)/t9-/m0/s1. The molecule has 0 saturated carbocycles. The second-order valence-electron chi connectivity index (χ2n) is 5.56. The van der Waals surface area contributed by atoms with E-state index in [9.17, 15) is 14.4 Å². The predicted octanol–water partition coefficient (Wildman–Crippen LogP) is -1.24. The van der Waals surface area contributed by atoms with E-state index in [4.69, 9.17) is 5.11 Å². The average Bonchev–Trinajstić information content (AvgIpc) is 2.53. The van der Waals surface area contributed by atoms with Crippen LogP contribution in [0.1, 0.15) is 12.8 Å². The zero-order valence-corrected chi connectivity index (χ0v) is 12.2. The van der Waals surface area contributed by atoms with Crippen LogP contribution in [0.4, 0.5) is 4.79 Å². The molecule has 3 heterocycles. The van der Waals surface area contributed by atoms with Gasteiger partial charge in [-0.05, 0) is 6.42 Å². The van der Waals surface area contributed by atoms with Crippen molar-refractivity contribution < 1.29 is 19.5 Å². The monoisotopic (exact) mass is 309 g/mol. The first kappa shape index (κ1) is 14.6. The lowest BCUT2D eigenvalue weighted by Gasteiger charge is -2.42. The van der Waals surface area contributed by atoms with Crippen molar-refractivity contribution in [3.05, 3.63) is 0 Å². The van der Waals surface area contributed by atoms with Crippen molar-refractivity contribution in [2.24, 2.45) is 4.99 Å². The quantitative estimate of drug-likeness (QED) is 0.587. The Morgan fingerprint density at radius 1 is 1.23 bits per heavy atom. The van der Waals surface area contributed by atoms with Crippen LogP contribution in [0.2, 0.25) is 0 Å². The molecule has 3 amide bonds. The lowest BCUT2D eigenvalue weighted by atomic mass is 10.0. The van der Waals surface area contributed by atoms with E-state index in [1.165, 1.54) is 4.90 Å². The highest BCUT2D eigenvalue weighted by molar-refractivity contribution is 6.05. The fourth-order valence-electron chi connectivity index (χ4n) is 2.85. The van der Waals surface area contributed by atoms with Crippen LogP contribution in [0.3, 0.4) is 0 Å². The second-order valence-corrected chi connectivity index (χ2v) is 5.56. The lowest BCUT2D eigenvalue weighted by Crippen LogP contribution is -2.64. The van der Waals surface area contributed by atoms with Crippen molar-refractivity contribution in [2.45, 2.75) is 18.9 Å². The number of carboxylic acids is 1. The SMILES string of the molecule is O=C(O)[C@@H]1CC(=O)N1C(=O)N1CCN(C2=NCCCN2)CC1. The third kappa shape index (κ3) is 2.58. The summed E-state index contributed by atoms with van der Waals surface area (Å²) < 4.78 is 0. The minimum absolute atomic E-state index is 0.0955. The molecular formula is C13H19N5O4. The lowest BCUT2D eigenvalue weighted by molar-refractivity contribution is -0.158. The van der Waals surface area contributed by atoms with E-state index in [0.717, 1.165) is 30.4 Å². The van der Waals surface area contributed by atoms with Gasteiger partial charge in [0.2, 0.25) is 5.91 Å². The number of aliphatic imine (C=N–C) groups is 1. The molecule has 0 spiro atoms. The first-order valence-electron chi connectivity index (χ1n) is 7.45. The van der Waals surface area contributed by atoms with E-state index in [1.54, 1.807) is 0 Å². The van der Waals surface area contributed by atoms with E-state index in [-0.39, 0.29) is 6.42 Å². The summed E-state index contributed by atoms with van der Waals surface area (Å²) in [6.07, 6.45) is 0.928. The number of piperazine rings is 1. The highest BCUT2D eigenvalue weighted by Crippen LogP contribution is 2.22. The zero-order chi connectivity index (χ0) is 15.7. The topological polar surface area (TPSA) is 106 Å². The molecule has 9 nitrogen and oxygen atoms in total. The van der Waals surface area contributed by atoms with Crippen molar-refractivity contribution in [3.63, 3.8) is 0 Å². The highest BCUT2D eigenvalue weighted by Gasteiger charge is 2.47. The third-order valence-corrected chi connectivity index (χ3v) is 4.17. The summed E-state index contributed by atoms with van der Waals surface area (Å²) in [6, 6.07) is -1.51. The molecule has 2 fully saturated rings. The van der Waals surface area contributed by atoms with E-state index >= 15 is 0 Å². The summed E-state index contributed by atoms with van der Waals surface area (Å²) in [4.78, 5) is 43.7. The number of hydrogen-bond donors (Lipinski definition) is 2. The molecule has 9 heteroatoms. The third-order valence-electron chi connectivity index (χ3n) is 4.17. The van der Waals surface area contributed by atoms with Gasteiger partial charge >= 0.3 is 12.0 Å². The van der Waals surface area contributed by atoms with Gasteiger partial charge in [-0.25, -0.2) is 14.5 Å². The average molecular weight is 309 g/mol. The Hall–Kier alpha value is -2.32. The molecule has 3 aliphatic rings. The minimum atomic E-state index is -1.13. The Balaban J connectivity index is 1.57. The summed E-state index contributed by atoms with van der Waals surface area (Å²) in [5, 5.41) is 12.2. The maximum atomic E-state index is 12.3. The Bertz CT molecular complexity index is 527. The molecule has 0 radical (unpaired) electrons. The Kier molecular flexibility index (Phi) is 3.86. The predicted molar refractivity (Wildman–Crippen MR) is 76.4 cm³/mol. The number of likely N-dealkylation sites (tertiary alicyclic amines) is 1. The van der Waals surface area contributed by atoms with Gasteiger partial charge in [0, 0.05) is 39.3 Å². The van der Waals surface area contributed by atoms with Crippen molar-refractivity contribution in [1.82, 2.24) is 20.0 Å². The van der Waals surface area contributed by atoms with Crippen molar-refractivity contribution in [3.8, 4) is 0 Å². The Labute approximate surface area is 127 Å². The molecule has 0 unspecified atom stereocenters. The van der Waals surface area contributed by atoms with Crippen molar-refractivity contribution >= 4 is 23.9 Å². The van der Waals surface area contributed by atoms with Gasteiger partial charge in [-0.2, -0.15) is 0 Å². The molecule has 0 bridgehead atoms.